The second kappa shape index (κ2) is 6.76. The largest absolute Gasteiger partial charge is 0.497 e. The number of carbonyl (C=O) groups excluding carboxylic acids is 1. The SMILES string of the molecule is COc1ccc2c(COC(=O)c3ccccc3Cl)cc(=O)oc2c1. The molecule has 0 saturated carbocycles. The van der Waals surface area contributed by atoms with Crippen LogP contribution in [0.25, 0.3) is 11.0 Å². The van der Waals surface area contributed by atoms with Crippen LogP contribution < -0.4 is 10.4 Å². The predicted molar refractivity (Wildman–Crippen MR) is 89.6 cm³/mol. The third-order valence-electron chi connectivity index (χ3n) is 3.49. The van der Waals surface area contributed by atoms with Gasteiger partial charge in [0.15, 0.2) is 0 Å². The van der Waals surface area contributed by atoms with E-state index >= 15 is 0 Å². The van der Waals surface area contributed by atoms with Crippen LogP contribution in [0.2, 0.25) is 5.02 Å². The first-order valence-corrected chi connectivity index (χ1v) is 7.48. The average molecular weight is 345 g/mol. The highest BCUT2D eigenvalue weighted by Gasteiger charge is 2.13. The molecule has 1 aromatic heterocycles. The fourth-order valence-corrected chi connectivity index (χ4v) is 2.52. The summed E-state index contributed by atoms with van der Waals surface area (Å²) in [5, 5.41) is 0.979. The topological polar surface area (TPSA) is 65.7 Å². The maximum Gasteiger partial charge on any atom is 0.339 e. The first kappa shape index (κ1) is 16.1. The zero-order valence-electron chi connectivity index (χ0n) is 12.7. The maximum atomic E-state index is 12.1. The molecule has 0 spiro atoms. The van der Waals surface area contributed by atoms with E-state index in [-0.39, 0.29) is 12.2 Å². The van der Waals surface area contributed by atoms with Crippen LogP contribution in [0.1, 0.15) is 15.9 Å². The number of hydrogen-bond acceptors (Lipinski definition) is 5. The lowest BCUT2D eigenvalue weighted by atomic mass is 10.1. The fraction of sp³-hybridized carbons (Fsp3) is 0.111. The van der Waals surface area contributed by atoms with E-state index in [2.05, 4.69) is 0 Å². The Labute approximate surface area is 142 Å². The lowest BCUT2D eigenvalue weighted by molar-refractivity contribution is 0.0474. The second-order valence-corrected chi connectivity index (χ2v) is 5.42. The Kier molecular flexibility index (Phi) is 4.53. The molecule has 0 fully saturated rings. The van der Waals surface area contributed by atoms with Crippen LogP contribution in [0.5, 0.6) is 5.75 Å². The number of methoxy groups -OCH3 is 1. The van der Waals surface area contributed by atoms with Crippen LogP contribution in [0, 0.1) is 0 Å². The van der Waals surface area contributed by atoms with Gasteiger partial charge in [0.25, 0.3) is 0 Å². The van der Waals surface area contributed by atoms with Gasteiger partial charge in [0.05, 0.1) is 17.7 Å². The second-order valence-electron chi connectivity index (χ2n) is 5.01. The van der Waals surface area contributed by atoms with Crippen molar-refractivity contribution in [2.45, 2.75) is 6.61 Å². The summed E-state index contributed by atoms with van der Waals surface area (Å²) in [5.41, 5.74) is 0.655. The van der Waals surface area contributed by atoms with Gasteiger partial charge in [-0.05, 0) is 24.3 Å². The van der Waals surface area contributed by atoms with Gasteiger partial charge in [-0.2, -0.15) is 0 Å². The van der Waals surface area contributed by atoms with Crippen LogP contribution in [0.4, 0.5) is 0 Å². The molecule has 0 radical (unpaired) electrons. The standard InChI is InChI=1S/C18H13ClO5/c1-22-12-6-7-13-11(8-17(20)24-16(13)9-12)10-23-18(21)14-4-2-3-5-15(14)19/h2-9H,10H2,1H3. The maximum absolute atomic E-state index is 12.1. The van der Waals surface area contributed by atoms with Crippen molar-refractivity contribution in [2.24, 2.45) is 0 Å². The molecule has 1 heterocycles. The molecule has 24 heavy (non-hydrogen) atoms. The molecule has 0 N–H and O–H groups in total. The number of hydrogen-bond donors (Lipinski definition) is 0. The first-order valence-electron chi connectivity index (χ1n) is 7.11. The number of benzene rings is 2. The highest BCUT2D eigenvalue weighted by atomic mass is 35.5. The Bertz CT molecular complexity index is 961. The summed E-state index contributed by atoms with van der Waals surface area (Å²) in [6, 6.07) is 13.0. The Balaban J connectivity index is 1.89. The van der Waals surface area contributed by atoms with Crippen LogP contribution in [0.3, 0.4) is 0 Å². The molecular formula is C18H13ClO5. The number of rotatable bonds is 4. The summed E-state index contributed by atoms with van der Waals surface area (Å²) in [6.07, 6.45) is 0. The van der Waals surface area contributed by atoms with E-state index < -0.39 is 11.6 Å². The minimum atomic E-state index is -0.560. The van der Waals surface area contributed by atoms with Crippen LogP contribution in [-0.2, 0) is 11.3 Å². The number of esters is 1. The zero-order valence-corrected chi connectivity index (χ0v) is 13.5. The molecule has 0 aliphatic rings. The summed E-state index contributed by atoms with van der Waals surface area (Å²) < 4.78 is 15.5. The Morgan fingerprint density at radius 1 is 1.17 bits per heavy atom. The van der Waals surface area contributed by atoms with E-state index in [4.69, 9.17) is 25.5 Å². The quantitative estimate of drug-likeness (QED) is 0.532. The van der Waals surface area contributed by atoms with E-state index in [1.165, 1.54) is 13.2 Å². The molecule has 3 aromatic rings. The molecule has 122 valence electrons. The molecule has 6 heteroatoms. The van der Waals surface area contributed by atoms with Crippen LogP contribution >= 0.6 is 11.6 Å². The predicted octanol–water partition coefficient (Wildman–Crippen LogP) is 3.81. The van der Waals surface area contributed by atoms with Gasteiger partial charge in [0.1, 0.15) is 17.9 Å². The summed E-state index contributed by atoms with van der Waals surface area (Å²) >= 11 is 5.97. The van der Waals surface area contributed by atoms with Crippen molar-refractivity contribution in [1.82, 2.24) is 0 Å². The van der Waals surface area contributed by atoms with Crippen molar-refractivity contribution in [3.63, 3.8) is 0 Å². The van der Waals surface area contributed by atoms with Gasteiger partial charge in [-0.3, -0.25) is 0 Å². The molecule has 0 saturated heterocycles. The van der Waals surface area contributed by atoms with Crippen molar-refractivity contribution in [1.29, 1.82) is 0 Å². The van der Waals surface area contributed by atoms with E-state index in [1.807, 2.05) is 0 Å². The Hall–Kier alpha value is -2.79. The molecule has 0 unspecified atom stereocenters. The lowest BCUT2D eigenvalue weighted by Gasteiger charge is -2.09. The molecule has 0 atom stereocenters. The van der Waals surface area contributed by atoms with Gasteiger partial charge in [0.2, 0.25) is 0 Å². The molecule has 0 bridgehead atoms. The summed E-state index contributed by atoms with van der Waals surface area (Å²) in [7, 11) is 1.52. The number of halogens is 1. The molecule has 3 rings (SSSR count). The van der Waals surface area contributed by atoms with E-state index in [9.17, 15) is 9.59 Å². The summed E-state index contributed by atoms with van der Waals surface area (Å²) in [4.78, 5) is 23.8. The third-order valence-corrected chi connectivity index (χ3v) is 3.82. The minimum Gasteiger partial charge on any atom is -0.497 e. The van der Waals surface area contributed by atoms with Gasteiger partial charge in [-0.15, -0.1) is 0 Å². The molecule has 0 aliphatic carbocycles. The highest BCUT2D eigenvalue weighted by molar-refractivity contribution is 6.33. The smallest absolute Gasteiger partial charge is 0.339 e. The first-order chi connectivity index (χ1) is 11.6. The van der Waals surface area contributed by atoms with Gasteiger partial charge >= 0.3 is 11.6 Å². The van der Waals surface area contributed by atoms with Gasteiger partial charge in [-0.25, -0.2) is 9.59 Å². The van der Waals surface area contributed by atoms with Crippen molar-refractivity contribution in [3.05, 3.63) is 75.1 Å². The molecule has 0 amide bonds. The van der Waals surface area contributed by atoms with E-state index in [0.29, 0.717) is 27.3 Å². The number of fused-ring (bicyclic) bond motifs is 1. The molecule has 5 nitrogen and oxygen atoms in total. The molecular weight excluding hydrogens is 332 g/mol. The Morgan fingerprint density at radius 2 is 1.96 bits per heavy atom. The average Bonchev–Trinajstić information content (AvgIpc) is 2.59. The van der Waals surface area contributed by atoms with Crippen molar-refractivity contribution in [2.75, 3.05) is 7.11 Å². The third kappa shape index (κ3) is 3.26. The highest BCUT2D eigenvalue weighted by Crippen LogP contribution is 2.23. The summed E-state index contributed by atoms with van der Waals surface area (Å²) in [5.74, 6) is 0.00589. The zero-order chi connectivity index (χ0) is 17.1. The monoisotopic (exact) mass is 344 g/mol. The van der Waals surface area contributed by atoms with Gasteiger partial charge in [-0.1, -0.05) is 23.7 Å². The minimum absolute atomic E-state index is 0.0709. The number of carbonyl (C=O) groups is 1. The summed E-state index contributed by atoms with van der Waals surface area (Å²) in [6.45, 7) is -0.0709. The van der Waals surface area contributed by atoms with Crippen LogP contribution in [0.15, 0.2) is 57.7 Å². The van der Waals surface area contributed by atoms with Crippen molar-refractivity contribution >= 4 is 28.5 Å². The van der Waals surface area contributed by atoms with E-state index in [0.717, 1.165) is 0 Å². The Morgan fingerprint density at radius 3 is 2.71 bits per heavy atom. The molecule has 2 aromatic carbocycles. The fourth-order valence-electron chi connectivity index (χ4n) is 2.30. The lowest BCUT2D eigenvalue weighted by Crippen LogP contribution is -2.08. The van der Waals surface area contributed by atoms with Crippen LogP contribution in [-0.4, -0.2) is 13.1 Å². The van der Waals surface area contributed by atoms with Crippen molar-refractivity contribution < 1.29 is 18.7 Å². The normalized spacial score (nSPS) is 10.6. The van der Waals surface area contributed by atoms with Gasteiger partial charge in [0, 0.05) is 23.1 Å². The van der Waals surface area contributed by atoms with Gasteiger partial charge < -0.3 is 13.9 Å². The van der Waals surface area contributed by atoms with Crippen molar-refractivity contribution in [3.8, 4) is 5.75 Å². The van der Waals surface area contributed by atoms with E-state index in [1.54, 1.807) is 42.5 Å². The number of ether oxygens (including phenoxy) is 2. The molecule has 0 aliphatic heterocycles.